The highest BCUT2D eigenvalue weighted by molar-refractivity contribution is 5.97. The Bertz CT molecular complexity index is 578. The number of carbonyl (C=O) groups excluding carboxylic acids is 1. The van der Waals surface area contributed by atoms with E-state index >= 15 is 0 Å². The topological polar surface area (TPSA) is 51.2 Å². The molecule has 6 nitrogen and oxygen atoms in total. The van der Waals surface area contributed by atoms with Gasteiger partial charge in [-0.15, -0.1) is 0 Å². The zero-order chi connectivity index (χ0) is 16.4. The van der Waals surface area contributed by atoms with Crippen LogP contribution in [0, 0.1) is 5.92 Å². The first kappa shape index (κ1) is 16.1. The lowest BCUT2D eigenvalue weighted by Gasteiger charge is -2.30. The molecule has 1 aromatic carbocycles. The van der Waals surface area contributed by atoms with Gasteiger partial charge in [-0.2, -0.15) is 0 Å². The Hall–Kier alpha value is -1.79. The first-order valence-electron chi connectivity index (χ1n) is 7.91. The van der Waals surface area contributed by atoms with Crippen molar-refractivity contribution in [3.05, 3.63) is 23.8 Å². The van der Waals surface area contributed by atoms with Gasteiger partial charge in [0.25, 0.3) is 5.91 Å². The minimum atomic E-state index is 0.000281. The second-order valence-corrected chi connectivity index (χ2v) is 6.30. The number of ether oxygens (including phenoxy) is 3. The molecule has 2 bridgehead atoms. The van der Waals surface area contributed by atoms with Crippen LogP contribution < -0.4 is 9.47 Å². The Balaban J connectivity index is 1.90. The average Bonchev–Trinajstić information content (AvgIpc) is 2.83. The highest BCUT2D eigenvalue weighted by Crippen LogP contribution is 2.28. The van der Waals surface area contributed by atoms with E-state index in [1.54, 1.807) is 32.4 Å². The van der Waals surface area contributed by atoms with Crippen LogP contribution in [-0.4, -0.2) is 75.9 Å². The average molecular weight is 320 g/mol. The molecule has 2 fully saturated rings. The maximum absolute atomic E-state index is 13.1. The van der Waals surface area contributed by atoms with Gasteiger partial charge < -0.3 is 24.0 Å². The number of nitrogens with zero attached hydrogens (tertiary/aromatic N) is 2. The van der Waals surface area contributed by atoms with E-state index in [1.807, 2.05) is 4.90 Å². The number of carbonyl (C=O) groups is 1. The largest absolute Gasteiger partial charge is 0.497 e. The molecule has 2 aliphatic heterocycles. The summed E-state index contributed by atoms with van der Waals surface area (Å²) in [5, 5.41) is 0. The number of methoxy groups -OCH3 is 2. The van der Waals surface area contributed by atoms with Crippen LogP contribution in [-0.2, 0) is 4.74 Å². The van der Waals surface area contributed by atoms with E-state index in [0.717, 1.165) is 19.6 Å². The minimum Gasteiger partial charge on any atom is -0.497 e. The molecule has 2 atom stereocenters. The first-order chi connectivity index (χ1) is 11.1. The van der Waals surface area contributed by atoms with Gasteiger partial charge in [-0.25, -0.2) is 0 Å². The Morgan fingerprint density at radius 2 is 2.00 bits per heavy atom. The summed E-state index contributed by atoms with van der Waals surface area (Å²) >= 11 is 0. The number of rotatable bonds is 3. The quantitative estimate of drug-likeness (QED) is 0.835. The third-order valence-corrected chi connectivity index (χ3v) is 4.55. The molecule has 1 aromatic rings. The normalized spacial score (nSPS) is 24.9. The third-order valence-electron chi connectivity index (χ3n) is 4.55. The summed E-state index contributed by atoms with van der Waals surface area (Å²) in [6.07, 6.45) is 0. The van der Waals surface area contributed by atoms with Gasteiger partial charge >= 0.3 is 0 Å². The summed E-state index contributed by atoms with van der Waals surface area (Å²) in [7, 11) is 5.28. The predicted molar refractivity (Wildman–Crippen MR) is 86.2 cm³/mol. The maximum Gasteiger partial charge on any atom is 0.258 e. The number of amides is 1. The number of likely N-dealkylation sites (N-methyl/N-ethyl adjacent to an activating group) is 1. The monoisotopic (exact) mass is 320 g/mol. The van der Waals surface area contributed by atoms with Crippen molar-refractivity contribution in [2.45, 2.75) is 6.04 Å². The van der Waals surface area contributed by atoms with Gasteiger partial charge in [0.1, 0.15) is 11.5 Å². The molecule has 1 amide bonds. The molecule has 2 heterocycles. The van der Waals surface area contributed by atoms with Crippen molar-refractivity contribution in [2.24, 2.45) is 5.92 Å². The van der Waals surface area contributed by atoms with Crippen molar-refractivity contribution in [1.82, 2.24) is 9.80 Å². The van der Waals surface area contributed by atoms with Crippen LogP contribution >= 0.6 is 0 Å². The van der Waals surface area contributed by atoms with Crippen molar-refractivity contribution in [1.29, 1.82) is 0 Å². The van der Waals surface area contributed by atoms with Gasteiger partial charge in [0.2, 0.25) is 0 Å². The lowest BCUT2D eigenvalue weighted by molar-refractivity contribution is 0.0482. The fraction of sp³-hybridized carbons (Fsp3) is 0.588. The maximum atomic E-state index is 13.1. The van der Waals surface area contributed by atoms with Gasteiger partial charge in [0.15, 0.2) is 0 Å². The SMILES string of the molecule is COc1ccc(C(=O)N2C[C@H]3COC[C@@H]2CN(C)C3)c(OC)c1. The summed E-state index contributed by atoms with van der Waals surface area (Å²) in [4.78, 5) is 17.4. The van der Waals surface area contributed by atoms with Crippen molar-refractivity contribution < 1.29 is 19.0 Å². The number of fused-ring (bicyclic) bond motifs is 3. The summed E-state index contributed by atoms with van der Waals surface area (Å²) < 4.78 is 16.4. The van der Waals surface area contributed by atoms with E-state index in [0.29, 0.717) is 36.2 Å². The molecule has 0 spiro atoms. The molecular weight excluding hydrogens is 296 g/mol. The smallest absolute Gasteiger partial charge is 0.258 e. The van der Waals surface area contributed by atoms with Gasteiger partial charge in [-0.1, -0.05) is 0 Å². The van der Waals surface area contributed by atoms with E-state index in [1.165, 1.54) is 0 Å². The number of benzene rings is 1. The highest BCUT2D eigenvalue weighted by Gasteiger charge is 2.35. The van der Waals surface area contributed by atoms with Crippen molar-refractivity contribution in [3.63, 3.8) is 0 Å². The Morgan fingerprint density at radius 3 is 2.74 bits per heavy atom. The Labute approximate surface area is 136 Å². The van der Waals surface area contributed by atoms with Crippen LogP contribution in [0.2, 0.25) is 0 Å². The molecule has 2 saturated heterocycles. The molecule has 0 unspecified atom stereocenters. The zero-order valence-corrected chi connectivity index (χ0v) is 13.9. The van der Waals surface area contributed by atoms with Crippen molar-refractivity contribution in [2.75, 3.05) is 54.1 Å². The van der Waals surface area contributed by atoms with E-state index < -0.39 is 0 Å². The van der Waals surface area contributed by atoms with Crippen LogP contribution in [0.3, 0.4) is 0 Å². The molecule has 0 N–H and O–H groups in total. The van der Waals surface area contributed by atoms with Crippen LogP contribution in [0.4, 0.5) is 0 Å². The molecule has 0 aliphatic carbocycles. The second kappa shape index (κ2) is 6.76. The lowest BCUT2D eigenvalue weighted by Crippen LogP contribution is -2.46. The zero-order valence-electron chi connectivity index (χ0n) is 13.9. The number of hydrogen-bond donors (Lipinski definition) is 0. The lowest BCUT2D eigenvalue weighted by atomic mass is 10.1. The summed E-state index contributed by atoms with van der Waals surface area (Å²) in [6, 6.07) is 5.40. The fourth-order valence-electron chi connectivity index (χ4n) is 3.46. The van der Waals surface area contributed by atoms with E-state index in [2.05, 4.69) is 11.9 Å². The van der Waals surface area contributed by atoms with Crippen LogP contribution in [0.25, 0.3) is 0 Å². The molecule has 0 radical (unpaired) electrons. The van der Waals surface area contributed by atoms with Crippen molar-refractivity contribution in [3.8, 4) is 11.5 Å². The second-order valence-electron chi connectivity index (χ2n) is 6.30. The molecule has 23 heavy (non-hydrogen) atoms. The summed E-state index contributed by atoms with van der Waals surface area (Å²) in [5.41, 5.74) is 0.573. The number of hydrogen-bond acceptors (Lipinski definition) is 5. The Morgan fingerprint density at radius 1 is 1.17 bits per heavy atom. The molecule has 6 heteroatoms. The standard InChI is InChI=1S/C17H24N2O4/c1-18-7-12-8-19(13(9-18)11-23-10-12)17(20)15-5-4-14(21-2)6-16(15)22-3/h4-6,12-13H,7-11H2,1-3H3/t12-,13-/m0/s1. The highest BCUT2D eigenvalue weighted by atomic mass is 16.5. The van der Waals surface area contributed by atoms with E-state index in [9.17, 15) is 4.79 Å². The third kappa shape index (κ3) is 3.28. The minimum absolute atomic E-state index is 0.000281. The van der Waals surface area contributed by atoms with Crippen molar-refractivity contribution >= 4 is 5.91 Å². The summed E-state index contributed by atoms with van der Waals surface area (Å²) in [6.45, 7) is 3.82. The predicted octanol–water partition coefficient (Wildman–Crippen LogP) is 1.11. The first-order valence-corrected chi connectivity index (χ1v) is 7.91. The molecule has 126 valence electrons. The fourth-order valence-corrected chi connectivity index (χ4v) is 3.46. The van der Waals surface area contributed by atoms with E-state index in [-0.39, 0.29) is 11.9 Å². The van der Waals surface area contributed by atoms with E-state index in [4.69, 9.17) is 14.2 Å². The van der Waals surface area contributed by atoms with Crippen LogP contribution in [0.1, 0.15) is 10.4 Å². The molecule has 0 aromatic heterocycles. The van der Waals surface area contributed by atoms with Gasteiger partial charge in [0, 0.05) is 31.6 Å². The summed E-state index contributed by atoms with van der Waals surface area (Å²) in [5.74, 6) is 1.57. The molecule has 3 rings (SSSR count). The van der Waals surface area contributed by atoms with Gasteiger partial charge in [-0.3, -0.25) is 4.79 Å². The van der Waals surface area contributed by atoms with Gasteiger partial charge in [0.05, 0.1) is 39.0 Å². The van der Waals surface area contributed by atoms with Crippen LogP contribution in [0.15, 0.2) is 18.2 Å². The molecule has 0 saturated carbocycles. The molecule has 2 aliphatic rings. The Kier molecular flexibility index (Phi) is 4.73. The van der Waals surface area contributed by atoms with Gasteiger partial charge in [-0.05, 0) is 19.2 Å². The molecular formula is C17H24N2O4. The van der Waals surface area contributed by atoms with Crippen LogP contribution in [0.5, 0.6) is 11.5 Å².